The molecule has 3 nitrogen and oxygen atoms in total. The Labute approximate surface area is 123 Å². The number of amides is 1. The Bertz CT molecular complexity index is 461. The van der Waals surface area contributed by atoms with E-state index in [4.69, 9.17) is 5.73 Å². The lowest BCUT2D eigenvalue weighted by molar-refractivity contribution is 0.0928. The summed E-state index contributed by atoms with van der Waals surface area (Å²) in [5, 5.41) is 3.11. The number of aryl methyl sites for hydroxylation is 1. The molecule has 1 aromatic carbocycles. The summed E-state index contributed by atoms with van der Waals surface area (Å²) in [6.07, 6.45) is 5.53. The van der Waals surface area contributed by atoms with Crippen molar-refractivity contribution < 1.29 is 4.79 Å². The summed E-state index contributed by atoms with van der Waals surface area (Å²) in [4.78, 5) is 12.4. The molecule has 1 aliphatic carbocycles. The Hall–Kier alpha value is -0.870. The number of rotatable bonds is 2. The summed E-state index contributed by atoms with van der Waals surface area (Å²) in [7, 11) is 0. The van der Waals surface area contributed by atoms with Gasteiger partial charge in [-0.15, -0.1) is 0 Å². The number of nitrogens with one attached hydrogen (secondary N) is 1. The first-order valence-electron chi connectivity index (χ1n) is 6.90. The maximum Gasteiger partial charge on any atom is 0.251 e. The third-order valence-electron chi connectivity index (χ3n) is 3.83. The lowest BCUT2D eigenvalue weighted by Gasteiger charge is -2.23. The summed E-state index contributed by atoms with van der Waals surface area (Å²) in [6.45, 7) is 1.95. The predicted octanol–water partition coefficient (Wildman–Crippen LogP) is 3.15. The first kappa shape index (κ1) is 14.5. The van der Waals surface area contributed by atoms with E-state index in [2.05, 4.69) is 21.2 Å². The van der Waals surface area contributed by atoms with Crippen LogP contribution < -0.4 is 11.1 Å². The van der Waals surface area contributed by atoms with Gasteiger partial charge in [-0.2, -0.15) is 0 Å². The molecule has 3 N–H and O–H groups in total. The number of hydrogen-bond acceptors (Lipinski definition) is 2. The second-order valence-corrected chi connectivity index (χ2v) is 6.26. The van der Waals surface area contributed by atoms with Crippen LogP contribution in [0.1, 0.15) is 48.0 Å². The van der Waals surface area contributed by atoms with E-state index in [1.165, 1.54) is 12.8 Å². The zero-order chi connectivity index (χ0) is 13.8. The molecule has 0 spiro atoms. The molecule has 1 aliphatic rings. The zero-order valence-electron chi connectivity index (χ0n) is 11.3. The Kier molecular flexibility index (Phi) is 4.99. The van der Waals surface area contributed by atoms with Crippen LogP contribution in [0.5, 0.6) is 0 Å². The van der Waals surface area contributed by atoms with E-state index in [0.717, 1.165) is 34.9 Å². The molecule has 0 saturated heterocycles. The van der Waals surface area contributed by atoms with E-state index < -0.39 is 0 Å². The van der Waals surface area contributed by atoms with Gasteiger partial charge in [0.15, 0.2) is 0 Å². The molecular formula is C15H21BrN2O. The van der Waals surface area contributed by atoms with Gasteiger partial charge in [-0.25, -0.2) is 0 Å². The minimum Gasteiger partial charge on any atom is -0.348 e. The average Bonchev–Trinajstić information content (AvgIpc) is 2.58. The average molecular weight is 325 g/mol. The maximum atomic E-state index is 12.4. The number of nitrogens with two attached hydrogens (primary N) is 1. The number of carbonyl (C=O) groups is 1. The second-order valence-electron chi connectivity index (χ2n) is 5.34. The Morgan fingerprint density at radius 3 is 2.84 bits per heavy atom. The highest BCUT2D eigenvalue weighted by molar-refractivity contribution is 9.10. The standard InChI is InChI=1S/C15H21BrN2O/c1-10-7-8-11(16)9-12(10)15(19)18-14-6-4-2-3-5-13(14)17/h7-9,13-14H,2-6,17H2,1H3,(H,18,19). The van der Waals surface area contributed by atoms with Crippen LogP contribution in [-0.4, -0.2) is 18.0 Å². The molecule has 2 atom stereocenters. The minimum absolute atomic E-state index is 0.0128. The lowest BCUT2D eigenvalue weighted by atomic mass is 10.0. The lowest BCUT2D eigenvalue weighted by Crippen LogP contribution is -2.47. The third-order valence-corrected chi connectivity index (χ3v) is 4.32. The molecule has 1 fully saturated rings. The summed E-state index contributed by atoms with van der Waals surface area (Å²) >= 11 is 3.41. The van der Waals surface area contributed by atoms with Crippen LogP contribution in [0.15, 0.2) is 22.7 Å². The van der Waals surface area contributed by atoms with Crippen molar-refractivity contribution in [1.29, 1.82) is 0 Å². The van der Waals surface area contributed by atoms with Crippen molar-refractivity contribution in [3.05, 3.63) is 33.8 Å². The van der Waals surface area contributed by atoms with Crippen LogP contribution in [0.2, 0.25) is 0 Å². The highest BCUT2D eigenvalue weighted by atomic mass is 79.9. The molecule has 0 aliphatic heterocycles. The molecule has 2 unspecified atom stereocenters. The number of hydrogen-bond donors (Lipinski definition) is 2. The third kappa shape index (κ3) is 3.80. The molecule has 1 amide bonds. The Balaban J connectivity index is 2.09. The molecule has 1 aromatic rings. The van der Waals surface area contributed by atoms with E-state index in [0.29, 0.717) is 0 Å². The van der Waals surface area contributed by atoms with E-state index in [9.17, 15) is 4.79 Å². The quantitative estimate of drug-likeness (QED) is 0.821. The monoisotopic (exact) mass is 324 g/mol. The molecule has 0 heterocycles. The molecule has 104 valence electrons. The normalized spacial score (nSPS) is 23.7. The fourth-order valence-electron chi connectivity index (χ4n) is 2.60. The van der Waals surface area contributed by atoms with Gasteiger partial charge >= 0.3 is 0 Å². The molecule has 19 heavy (non-hydrogen) atoms. The highest BCUT2D eigenvalue weighted by Crippen LogP contribution is 2.19. The van der Waals surface area contributed by atoms with Crippen LogP contribution in [-0.2, 0) is 0 Å². The topological polar surface area (TPSA) is 55.1 Å². The van der Waals surface area contributed by atoms with Crippen molar-refractivity contribution >= 4 is 21.8 Å². The van der Waals surface area contributed by atoms with Gasteiger partial charge in [-0.1, -0.05) is 41.3 Å². The summed E-state index contributed by atoms with van der Waals surface area (Å²) in [6, 6.07) is 5.95. The number of carbonyl (C=O) groups excluding carboxylic acids is 1. The van der Waals surface area contributed by atoms with Crippen LogP contribution in [0.3, 0.4) is 0 Å². The van der Waals surface area contributed by atoms with Gasteiger partial charge in [0.1, 0.15) is 0 Å². The van der Waals surface area contributed by atoms with Gasteiger partial charge < -0.3 is 11.1 Å². The first-order valence-corrected chi connectivity index (χ1v) is 7.70. The first-order chi connectivity index (χ1) is 9.08. The van der Waals surface area contributed by atoms with Crippen LogP contribution >= 0.6 is 15.9 Å². The van der Waals surface area contributed by atoms with Gasteiger partial charge in [-0.05, 0) is 37.5 Å². The van der Waals surface area contributed by atoms with Gasteiger partial charge in [-0.3, -0.25) is 4.79 Å². The smallest absolute Gasteiger partial charge is 0.251 e. The van der Waals surface area contributed by atoms with Crippen molar-refractivity contribution in [2.45, 2.75) is 51.1 Å². The maximum absolute atomic E-state index is 12.4. The fraction of sp³-hybridized carbons (Fsp3) is 0.533. The summed E-state index contributed by atoms with van der Waals surface area (Å²) < 4.78 is 0.924. The number of halogens is 1. The fourth-order valence-corrected chi connectivity index (χ4v) is 2.96. The molecule has 0 aromatic heterocycles. The molecule has 0 bridgehead atoms. The van der Waals surface area contributed by atoms with Gasteiger partial charge in [0.05, 0.1) is 0 Å². The Morgan fingerprint density at radius 2 is 2.05 bits per heavy atom. The second kappa shape index (κ2) is 6.53. The van der Waals surface area contributed by atoms with E-state index in [1.54, 1.807) is 0 Å². The van der Waals surface area contributed by atoms with Crippen molar-refractivity contribution in [1.82, 2.24) is 5.32 Å². The highest BCUT2D eigenvalue weighted by Gasteiger charge is 2.23. The minimum atomic E-state index is -0.0128. The van der Waals surface area contributed by atoms with Gasteiger partial charge in [0.25, 0.3) is 5.91 Å². The van der Waals surface area contributed by atoms with Gasteiger partial charge in [0.2, 0.25) is 0 Å². The van der Waals surface area contributed by atoms with Crippen LogP contribution in [0.25, 0.3) is 0 Å². The van der Waals surface area contributed by atoms with E-state index in [1.807, 2.05) is 25.1 Å². The molecule has 0 radical (unpaired) electrons. The van der Waals surface area contributed by atoms with E-state index in [-0.39, 0.29) is 18.0 Å². The van der Waals surface area contributed by atoms with Crippen molar-refractivity contribution in [3.63, 3.8) is 0 Å². The molecule has 2 rings (SSSR count). The summed E-state index contributed by atoms with van der Waals surface area (Å²) in [5.41, 5.74) is 7.87. The molecule has 1 saturated carbocycles. The zero-order valence-corrected chi connectivity index (χ0v) is 12.9. The largest absolute Gasteiger partial charge is 0.348 e. The van der Waals surface area contributed by atoms with Crippen LogP contribution in [0.4, 0.5) is 0 Å². The summed E-state index contributed by atoms with van der Waals surface area (Å²) in [5.74, 6) is -0.0128. The molecular weight excluding hydrogens is 304 g/mol. The SMILES string of the molecule is Cc1ccc(Br)cc1C(=O)NC1CCCCCC1N. The molecule has 4 heteroatoms. The van der Waals surface area contributed by atoms with E-state index >= 15 is 0 Å². The van der Waals surface area contributed by atoms with Crippen LogP contribution in [0, 0.1) is 6.92 Å². The van der Waals surface area contributed by atoms with Gasteiger partial charge in [0, 0.05) is 22.1 Å². The predicted molar refractivity (Wildman–Crippen MR) is 81.2 cm³/mol. The van der Waals surface area contributed by atoms with Crippen molar-refractivity contribution in [3.8, 4) is 0 Å². The van der Waals surface area contributed by atoms with Crippen molar-refractivity contribution in [2.75, 3.05) is 0 Å². The van der Waals surface area contributed by atoms with Crippen molar-refractivity contribution in [2.24, 2.45) is 5.73 Å². The Morgan fingerprint density at radius 1 is 1.32 bits per heavy atom. The number of benzene rings is 1.